The summed E-state index contributed by atoms with van der Waals surface area (Å²) in [6.07, 6.45) is 0.167. The third kappa shape index (κ3) is 5.71. The molecule has 0 saturated carbocycles. The number of nitrogens with one attached hydrogen (secondary N) is 2. The molecule has 3 rings (SSSR count). The molecular weight excluding hydrogens is 394 g/mol. The van der Waals surface area contributed by atoms with Gasteiger partial charge in [-0.3, -0.25) is 14.4 Å². The smallest absolute Gasteiger partial charge is 0.239 e. The third-order valence-corrected chi connectivity index (χ3v) is 4.77. The fraction of sp³-hybridized carbons (Fsp3) is 0.286. The predicted molar refractivity (Wildman–Crippen MR) is 112 cm³/mol. The van der Waals surface area contributed by atoms with Crippen molar-refractivity contribution in [2.45, 2.75) is 13.3 Å². The van der Waals surface area contributed by atoms with Gasteiger partial charge in [0, 0.05) is 24.3 Å². The Bertz CT molecular complexity index is 915. The zero-order valence-electron chi connectivity index (χ0n) is 16.0. The van der Waals surface area contributed by atoms with Crippen molar-refractivity contribution in [1.82, 2.24) is 5.32 Å². The molecule has 1 aliphatic rings. The van der Waals surface area contributed by atoms with Crippen LogP contribution in [0.5, 0.6) is 5.75 Å². The molecule has 2 N–H and O–H groups in total. The van der Waals surface area contributed by atoms with Crippen LogP contribution >= 0.6 is 11.6 Å². The number of rotatable bonds is 7. The molecule has 2 amide bonds. The van der Waals surface area contributed by atoms with Gasteiger partial charge in [-0.25, -0.2) is 0 Å². The number of carbonyl (C=O) groups excluding carboxylic acids is 3. The Morgan fingerprint density at radius 3 is 2.62 bits per heavy atom. The topological polar surface area (TPSA) is 87.7 Å². The van der Waals surface area contributed by atoms with Crippen LogP contribution in [0.2, 0.25) is 5.02 Å². The number of amides is 2. The lowest BCUT2D eigenvalue weighted by molar-refractivity contribution is -0.120. The summed E-state index contributed by atoms with van der Waals surface area (Å²) in [5.41, 5.74) is 1.95. The molecule has 0 radical (unpaired) electrons. The lowest BCUT2D eigenvalue weighted by Gasteiger charge is -2.29. The molecule has 1 heterocycles. The number of Topliss-reactive ketones (excluding diaryl/α,β-unsaturated/α-hetero) is 1. The molecular formula is C21H22ClN3O4. The van der Waals surface area contributed by atoms with Gasteiger partial charge in [0.2, 0.25) is 11.8 Å². The minimum atomic E-state index is -0.202. The van der Waals surface area contributed by atoms with Gasteiger partial charge in [-0.05, 0) is 49.4 Å². The van der Waals surface area contributed by atoms with E-state index in [2.05, 4.69) is 10.6 Å². The van der Waals surface area contributed by atoms with E-state index in [9.17, 15) is 14.4 Å². The van der Waals surface area contributed by atoms with Crippen molar-refractivity contribution in [1.29, 1.82) is 0 Å². The predicted octanol–water partition coefficient (Wildman–Crippen LogP) is 2.89. The van der Waals surface area contributed by atoms with Gasteiger partial charge < -0.3 is 20.3 Å². The lowest BCUT2D eigenvalue weighted by atomic mass is 10.1. The number of halogens is 1. The monoisotopic (exact) mass is 415 g/mol. The van der Waals surface area contributed by atoms with E-state index in [1.807, 2.05) is 4.90 Å². The van der Waals surface area contributed by atoms with E-state index in [0.717, 1.165) is 5.69 Å². The highest BCUT2D eigenvalue weighted by Crippen LogP contribution is 2.29. The number of ether oxygens (including phenoxy) is 1. The summed E-state index contributed by atoms with van der Waals surface area (Å²) in [4.78, 5) is 36.8. The summed E-state index contributed by atoms with van der Waals surface area (Å²) in [6, 6.07) is 12.0. The van der Waals surface area contributed by atoms with Crippen molar-refractivity contribution in [3.05, 3.63) is 53.1 Å². The summed E-state index contributed by atoms with van der Waals surface area (Å²) in [7, 11) is 0. The molecule has 0 atom stereocenters. The van der Waals surface area contributed by atoms with E-state index < -0.39 is 0 Å². The highest BCUT2D eigenvalue weighted by molar-refractivity contribution is 6.33. The minimum absolute atomic E-state index is 0.0100. The van der Waals surface area contributed by atoms with Crippen molar-refractivity contribution in [3.63, 3.8) is 0 Å². The van der Waals surface area contributed by atoms with Crippen molar-refractivity contribution in [2.24, 2.45) is 0 Å². The van der Waals surface area contributed by atoms with Gasteiger partial charge in [0.05, 0.1) is 30.3 Å². The number of benzene rings is 2. The number of ketones is 1. The van der Waals surface area contributed by atoms with Crippen LogP contribution in [0.1, 0.15) is 23.7 Å². The van der Waals surface area contributed by atoms with Crippen LogP contribution in [-0.2, 0) is 9.59 Å². The van der Waals surface area contributed by atoms with Crippen molar-refractivity contribution < 1.29 is 19.1 Å². The molecule has 2 aromatic carbocycles. The molecule has 1 saturated heterocycles. The summed E-state index contributed by atoms with van der Waals surface area (Å²) in [6.45, 7) is 3.23. The maximum absolute atomic E-state index is 12.1. The Balaban J connectivity index is 1.49. The van der Waals surface area contributed by atoms with Gasteiger partial charge in [0.1, 0.15) is 5.75 Å². The van der Waals surface area contributed by atoms with Gasteiger partial charge in [-0.1, -0.05) is 11.6 Å². The molecule has 0 bridgehead atoms. The summed E-state index contributed by atoms with van der Waals surface area (Å²) >= 11 is 6.34. The SMILES string of the molecule is CC(=O)c1ccc(OCCC(=O)Nc2ccc(N3CCNC(=O)C3)c(Cl)c2)cc1. The van der Waals surface area contributed by atoms with Gasteiger partial charge in [-0.15, -0.1) is 0 Å². The number of hydrogen-bond donors (Lipinski definition) is 2. The Morgan fingerprint density at radius 2 is 1.97 bits per heavy atom. The van der Waals surface area contributed by atoms with Crippen LogP contribution in [-0.4, -0.2) is 43.8 Å². The Morgan fingerprint density at radius 1 is 1.21 bits per heavy atom. The van der Waals surface area contributed by atoms with E-state index in [1.165, 1.54) is 6.92 Å². The second-order valence-electron chi connectivity index (χ2n) is 6.66. The second-order valence-corrected chi connectivity index (χ2v) is 7.07. The van der Waals surface area contributed by atoms with Crippen molar-refractivity contribution in [2.75, 3.05) is 36.5 Å². The first-order chi connectivity index (χ1) is 13.9. The average Bonchev–Trinajstić information content (AvgIpc) is 2.68. The van der Waals surface area contributed by atoms with E-state index in [-0.39, 0.29) is 37.2 Å². The largest absolute Gasteiger partial charge is 0.493 e. The Labute approximate surface area is 174 Å². The fourth-order valence-electron chi connectivity index (χ4n) is 2.96. The third-order valence-electron chi connectivity index (χ3n) is 4.47. The van der Waals surface area contributed by atoms with E-state index in [1.54, 1.807) is 42.5 Å². The molecule has 1 fully saturated rings. The Hall–Kier alpha value is -3.06. The van der Waals surface area contributed by atoms with Gasteiger partial charge in [0.15, 0.2) is 5.78 Å². The highest BCUT2D eigenvalue weighted by atomic mass is 35.5. The standard InChI is InChI=1S/C21H22ClN3O4/c1-14(26)15-2-5-17(6-3-15)29-11-8-20(27)24-16-4-7-19(18(22)12-16)25-10-9-23-21(28)13-25/h2-7,12H,8-11,13H2,1H3,(H,23,28)(H,24,27). The molecule has 7 nitrogen and oxygen atoms in total. The first kappa shape index (κ1) is 20.7. The zero-order chi connectivity index (χ0) is 20.8. The number of hydrogen-bond acceptors (Lipinski definition) is 5. The van der Waals surface area contributed by atoms with Crippen molar-refractivity contribution in [3.8, 4) is 5.75 Å². The molecule has 0 spiro atoms. The summed E-state index contributed by atoms with van der Waals surface area (Å²) < 4.78 is 5.54. The quantitative estimate of drug-likeness (QED) is 0.679. The van der Waals surface area contributed by atoms with E-state index in [4.69, 9.17) is 16.3 Å². The molecule has 1 aliphatic heterocycles. The maximum Gasteiger partial charge on any atom is 0.239 e. The molecule has 29 heavy (non-hydrogen) atoms. The van der Waals surface area contributed by atoms with Gasteiger partial charge in [0.25, 0.3) is 0 Å². The van der Waals surface area contributed by atoms with Gasteiger partial charge in [-0.2, -0.15) is 0 Å². The highest BCUT2D eigenvalue weighted by Gasteiger charge is 2.18. The maximum atomic E-state index is 12.1. The Kier molecular flexibility index (Phi) is 6.72. The number of anilines is 2. The number of carbonyl (C=O) groups is 3. The molecule has 8 heteroatoms. The van der Waals surface area contributed by atoms with E-state index >= 15 is 0 Å². The van der Waals surface area contributed by atoms with Crippen LogP contribution < -0.4 is 20.3 Å². The van der Waals surface area contributed by atoms with Crippen LogP contribution in [0.3, 0.4) is 0 Å². The molecule has 0 unspecified atom stereocenters. The van der Waals surface area contributed by atoms with Crippen molar-refractivity contribution >= 4 is 40.6 Å². The van der Waals surface area contributed by atoms with Crippen LogP contribution in [0, 0.1) is 0 Å². The normalized spacial score (nSPS) is 13.6. The van der Waals surface area contributed by atoms with Crippen LogP contribution in [0.15, 0.2) is 42.5 Å². The van der Waals surface area contributed by atoms with Gasteiger partial charge >= 0.3 is 0 Å². The van der Waals surface area contributed by atoms with Crippen LogP contribution in [0.25, 0.3) is 0 Å². The summed E-state index contributed by atoms with van der Waals surface area (Å²) in [5.74, 6) is 0.345. The minimum Gasteiger partial charge on any atom is -0.493 e. The lowest BCUT2D eigenvalue weighted by Crippen LogP contribution is -2.47. The van der Waals surface area contributed by atoms with E-state index in [0.29, 0.717) is 35.1 Å². The average molecular weight is 416 g/mol. The number of piperazine rings is 1. The first-order valence-electron chi connectivity index (χ1n) is 9.27. The molecule has 0 aromatic heterocycles. The first-order valence-corrected chi connectivity index (χ1v) is 9.65. The molecule has 2 aromatic rings. The van der Waals surface area contributed by atoms with Crippen LogP contribution in [0.4, 0.5) is 11.4 Å². The second kappa shape index (κ2) is 9.43. The molecule has 152 valence electrons. The zero-order valence-corrected chi connectivity index (χ0v) is 16.8. The number of nitrogens with zero attached hydrogens (tertiary/aromatic N) is 1. The fourth-order valence-corrected chi connectivity index (χ4v) is 3.26. The molecule has 0 aliphatic carbocycles. The summed E-state index contributed by atoms with van der Waals surface area (Å²) in [5, 5.41) is 6.03.